The molecule has 134 valence electrons. The first-order valence-corrected chi connectivity index (χ1v) is 8.66. The summed E-state index contributed by atoms with van der Waals surface area (Å²) in [5.41, 5.74) is 4.47. The molecule has 2 rings (SSSR count). The number of ether oxygens (including phenoxy) is 3. The summed E-state index contributed by atoms with van der Waals surface area (Å²) in [5, 5.41) is 3.50. The highest BCUT2D eigenvalue weighted by Gasteiger charge is 2.27. The van der Waals surface area contributed by atoms with E-state index in [0.717, 1.165) is 18.7 Å². The van der Waals surface area contributed by atoms with Gasteiger partial charge in [0.1, 0.15) is 0 Å². The van der Waals surface area contributed by atoms with E-state index in [0.29, 0.717) is 22.7 Å². The minimum Gasteiger partial charge on any atom is -0.493 e. The minimum atomic E-state index is 0.319. The van der Waals surface area contributed by atoms with Crippen LogP contribution in [0.15, 0.2) is 23.3 Å². The number of rotatable bonds is 7. The number of benzene rings is 1. The van der Waals surface area contributed by atoms with Gasteiger partial charge in [0.15, 0.2) is 11.5 Å². The van der Waals surface area contributed by atoms with E-state index in [1.165, 1.54) is 19.3 Å². The molecule has 0 fully saturated rings. The molecule has 4 nitrogen and oxygen atoms in total. The third-order valence-electron chi connectivity index (χ3n) is 5.05. The molecule has 0 bridgehead atoms. The molecule has 1 aliphatic carbocycles. The molecular formula is C20H31NO3. The molecule has 0 aliphatic heterocycles. The predicted octanol–water partition coefficient (Wildman–Crippen LogP) is 5.04. The first kappa shape index (κ1) is 18.5. The van der Waals surface area contributed by atoms with Crippen LogP contribution in [0.3, 0.4) is 0 Å². The smallest absolute Gasteiger partial charge is 0.203 e. The molecule has 0 radical (unpaired) electrons. The topological polar surface area (TPSA) is 39.7 Å². The Labute approximate surface area is 146 Å². The third kappa shape index (κ3) is 3.97. The molecule has 24 heavy (non-hydrogen) atoms. The van der Waals surface area contributed by atoms with E-state index in [2.05, 4.69) is 26.1 Å². The number of anilines is 1. The van der Waals surface area contributed by atoms with Crippen LogP contribution in [0.25, 0.3) is 0 Å². The zero-order chi connectivity index (χ0) is 17.7. The molecule has 0 spiro atoms. The SMILES string of the molecule is COc1cc(NCCC2=C(C)CCCC2(C)C)cc(OC)c1OC. The maximum Gasteiger partial charge on any atom is 0.203 e. The summed E-state index contributed by atoms with van der Waals surface area (Å²) in [7, 11) is 4.90. The van der Waals surface area contributed by atoms with Crippen molar-refractivity contribution < 1.29 is 14.2 Å². The molecular weight excluding hydrogens is 302 g/mol. The molecule has 0 amide bonds. The van der Waals surface area contributed by atoms with E-state index >= 15 is 0 Å². The molecule has 0 heterocycles. The summed E-state index contributed by atoms with van der Waals surface area (Å²) < 4.78 is 16.2. The van der Waals surface area contributed by atoms with Crippen LogP contribution in [0.1, 0.15) is 46.5 Å². The van der Waals surface area contributed by atoms with Gasteiger partial charge >= 0.3 is 0 Å². The first-order chi connectivity index (χ1) is 11.4. The van der Waals surface area contributed by atoms with Gasteiger partial charge in [-0.3, -0.25) is 0 Å². The zero-order valence-electron chi connectivity index (χ0n) is 15.9. The maximum atomic E-state index is 5.41. The van der Waals surface area contributed by atoms with Crippen LogP contribution in [-0.4, -0.2) is 27.9 Å². The van der Waals surface area contributed by atoms with Crippen LogP contribution < -0.4 is 19.5 Å². The Morgan fingerprint density at radius 1 is 1.04 bits per heavy atom. The summed E-state index contributed by atoms with van der Waals surface area (Å²) in [5.74, 6) is 1.97. The van der Waals surface area contributed by atoms with E-state index in [1.807, 2.05) is 12.1 Å². The number of hydrogen-bond acceptors (Lipinski definition) is 4. The maximum absolute atomic E-state index is 5.41. The van der Waals surface area contributed by atoms with Crippen LogP contribution in [0.4, 0.5) is 5.69 Å². The lowest BCUT2D eigenvalue weighted by Gasteiger charge is -2.34. The summed E-state index contributed by atoms with van der Waals surface area (Å²) in [6, 6.07) is 3.91. The van der Waals surface area contributed by atoms with Gasteiger partial charge in [0, 0.05) is 24.4 Å². The number of hydrogen-bond donors (Lipinski definition) is 1. The van der Waals surface area contributed by atoms with Crippen LogP contribution in [-0.2, 0) is 0 Å². The molecule has 1 aliphatic rings. The van der Waals surface area contributed by atoms with E-state index in [4.69, 9.17) is 14.2 Å². The van der Waals surface area contributed by atoms with Crippen molar-refractivity contribution in [3.8, 4) is 17.2 Å². The van der Waals surface area contributed by atoms with Gasteiger partial charge in [0.25, 0.3) is 0 Å². The number of nitrogens with one attached hydrogen (secondary N) is 1. The third-order valence-corrected chi connectivity index (χ3v) is 5.05. The van der Waals surface area contributed by atoms with Gasteiger partial charge in [-0.05, 0) is 38.0 Å². The molecule has 4 heteroatoms. The average molecular weight is 333 g/mol. The van der Waals surface area contributed by atoms with Crippen molar-refractivity contribution in [2.75, 3.05) is 33.2 Å². The van der Waals surface area contributed by atoms with Gasteiger partial charge in [-0.2, -0.15) is 0 Å². The monoisotopic (exact) mass is 333 g/mol. The Balaban J connectivity index is 2.10. The fourth-order valence-electron chi connectivity index (χ4n) is 3.74. The largest absolute Gasteiger partial charge is 0.493 e. The average Bonchev–Trinajstić information content (AvgIpc) is 2.56. The van der Waals surface area contributed by atoms with Gasteiger partial charge in [0.2, 0.25) is 5.75 Å². The molecule has 0 atom stereocenters. The van der Waals surface area contributed by atoms with Gasteiger partial charge in [-0.1, -0.05) is 25.0 Å². The summed E-state index contributed by atoms with van der Waals surface area (Å²) in [6.07, 6.45) is 4.89. The Hall–Kier alpha value is -1.84. The Morgan fingerprint density at radius 2 is 1.67 bits per heavy atom. The van der Waals surface area contributed by atoms with Crippen LogP contribution in [0, 0.1) is 5.41 Å². The quantitative estimate of drug-likeness (QED) is 0.710. The highest BCUT2D eigenvalue weighted by Crippen LogP contribution is 2.42. The summed E-state index contributed by atoms with van der Waals surface area (Å²) in [4.78, 5) is 0. The van der Waals surface area contributed by atoms with E-state index < -0.39 is 0 Å². The molecule has 0 unspecified atom stereocenters. The summed E-state index contributed by atoms with van der Waals surface area (Å²) in [6.45, 7) is 7.92. The van der Waals surface area contributed by atoms with Crippen molar-refractivity contribution in [2.45, 2.75) is 46.5 Å². The lowest BCUT2D eigenvalue weighted by Crippen LogP contribution is -2.22. The first-order valence-electron chi connectivity index (χ1n) is 8.66. The Bertz CT molecular complexity index is 580. The predicted molar refractivity (Wildman–Crippen MR) is 99.5 cm³/mol. The second-order valence-electron chi connectivity index (χ2n) is 7.09. The molecule has 0 saturated carbocycles. The van der Waals surface area contributed by atoms with Crippen molar-refractivity contribution in [3.05, 3.63) is 23.3 Å². The van der Waals surface area contributed by atoms with E-state index in [-0.39, 0.29) is 0 Å². The van der Waals surface area contributed by atoms with Crippen LogP contribution in [0.2, 0.25) is 0 Å². The molecule has 0 aromatic heterocycles. The van der Waals surface area contributed by atoms with Crippen molar-refractivity contribution in [1.82, 2.24) is 0 Å². The second-order valence-corrected chi connectivity index (χ2v) is 7.09. The van der Waals surface area contributed by atoms with Gasteiger partial charge in [-0.25, -0.2) is 0 Å². The standard InChI is InChI=1S/C20H31NO3/c1-14-8-7-10-20(2,3)16(14)9-11-21-15-12-17(22-4)19(24-6)18(13-15)23-5/h12-13,21H,7-11H2,1-6H3. The second kappa shape index (κ2) is 7.82. The normalized spacial score (nSPS) is 16.8. The number of methoxy groups -OCH3 is 3. The molecule has 1 aromatic rings. The summed E-state index contributed by atoms with van der Waals surface area (Å²) >= 11 is 0. The van der Waals surface area contributed by atoms with E-state index in [9.17, 15) is 0 Å². The van der Waals surface area contributed by atoms with E-state index in [1.54, 1.807) is 32.5 Å². The van der Waals surface area contributed by atoms with Crippen molar-refractivity contribution >= 4 is 5.69 Å². The van der Waals surface area contributed by atoms with Gasteiger partial charge in [-0.15, -0.1) is 0 Å². The fraction of sp³-hybridized carbons (Fsp3) is 0.600. The molecule has 0 saturated heterocycles. The Kier molecular flexibility index (Phi) is 6.03. The zero-order valence-corrected chi connectivity index (χ0v) is 15.9. The highest BCUT2D eigenvalue weighted by molar-refractivity contribution is 5.62. The van der Waals surface area contributed by atoms with Crippen molar-refractivity contribution in [3.63, 3.8) is 0 Å². The lowest BCUT2D eigenvalue weighted by molar-refractivity contribution is 0.324. The Morgan fingerprint density at radius 3 is 2.17 bits per heavy atom. The van der Waals surface area contributed by atoms with Gasteiger partial charge in [0.05, 0.1) is 21.3 Å². The fourth-order valence-corrected chi connectivity index (χ4v) is 3.74. The molecule has 1 N–H and O–H groups in total. The van der Waals surface area contributed by atoms with Crippen molar-refractivity contribution in [2.24, 2.45) is 5.41 Å². The van der Waals surface area contributed by atoms with Crippen LogP contribution in [0.5, 0.6) is 17.2 Å². The van der Waals surface area contributed by atoms with Crippen molar-refractivity contribution in [1.29, 1.82) is 0 Å². The lowest BCUT2D eigenvalue weighted by atomic mass is 9.71. The van der Waals surface area contributed by atoms with Gasteiger partial charge < -0.3 is 19.5 Å². The molecule has 1 aromatic carbocycles. The highest BCUT2D eigenvalue weighted by atomic mass is 16.5. The number of allylic oxidation sites excluding steroid dienone is 1. The van der Waals surface area contributed by atoms with Crippen LogP contribution >= 0.6 is 0 Å². The minimum absolute atomic E-state index is 0.319.